The Morgan fingerprint density at radius 2 is 1.87 bits per heavy atom. The van der Waals surface area contributed by atoms with Gasteiger partial charge in [-0.3, -0.25) is 14.5 Å². The third-order valence-electron chi connectivity index (χ3n) is 7.10. The van der Waals surface area contributed by atoms with Crippen LogP contribution in [0.2, 0.25) is 0 Å². The van der Waals surface area contributed by atoms with Gasteiger partial charge in [-0.15, -0.1) is 11.8 Å². The fourth-order valence-electron chi connectivity index (χ4n) is 4.84. The summed E-state index contributed by atoms with van der Waals surface area (Å²) in [6, 6.07) is 14.0. The summed E-state index contributed by atoms with van der Waals surface area (Å²) < 4.78 is 13.1. The van der Waals surface area contributed by atoms with Gasteiger partial charge in [0.2, 0.25) is 18.6 Å². The first-order chi connectivity index (χ1) is 18.6. The maximum atomic E-state index is 13.8. The fraction of sp³-hybridized carbons (Fsp3) is 0.433. The summed E-state index contributed by atoms with van der Waals surface area (Å²) in [5, 5.41) is 7.97. The molecule has 0 bridgehead atoms. The van der Waals surface area contributed by atoms with E-state index in [0.717, 1.165) is 34.5 Å². The van der Waals surface area contributed by atoms with Crippen LogP contribution >= 0.6 is 11.8 Å². The lowest BCUT2D eigenvalue weighted by molar-refractivity contribution is -0.123. The van der Waals surface area contributed by atoms with Gasteiger partial charge in [-0.1, -0.05) is 51.5 Å². The Hall–Kier alpha value is -3.46. The maximum Gasteiger partial charge on any atom is 0.240 e. The van der Waals surface area contributed by atoms with E-state index in [1.165, 1.54) is 0 Å². The number of nitrogens with one attached hydrogen (secondary N) is 1. The van der Waals surface area contributed by atoms with E-state index in [2.05, 4.69) is 26.1 Å². The summed E-state index contributed by atoms with van der Waals surface area (Å²) in [6.45, 7) is 12.5. The number of hydrogen-bond donors (Lipinski definition) is 1. The smallest absolute Gasteiger partial charge is 0.240 e. The van der Waals surface area contributed by atoms with Gasteiger partial charge in [-0.25, -0.2) is 4.68 Å². The number of aromatic nitrogens is 2. The molecule has 3 aromatic rings. The third-order valence-corrected chi connectivity index (χ3v) is 8.35. The van der Waals surface area contributed by atoms with Crippen LogP contribution in [0.15, 0.2) is 42.5 Å². The Labute approximate surface area is 234 Å². The molecule has 39 heavy (non-hydrogen) atoms. The van der Waals surface area contributed by atoms with E-state index in [9.17, 15) is 9.59 Å². The molecule has 3 heterocycles. The number of amides is 2. The molecule has 0 aliphatic carbocycles. The number of ether oxygens (including phenoxy) is 2. The average Bonchev–Trinajstić information content (AvgIpc) is 3.49. The molecule has 0 saturated carbocycles. The van der Waals surface area contributed by atoms with Crippen LogP contribution in [-0.4, -0.2) is 46.7 Å². The first-order valence-corrected chi connectivity index (χ1v) is 14.4. The Morgan fingerprint density at radius 1 is 1.15 bits per heavy atom. The number of benzene rings is 2. The van der Waals surface area contributed by atoms with Crippen LogP contribution in [0.25, 0.3) is 5.69 Å². The lowest BCUT2D eigenvalue weighted by Gasteiger charge is -2.25. The molecule has 0 saturated heterocycles. The topological polar surface area (TPSA) is 85.7 Å². The van der Waals surface area contributed by atoms with Crippen LogP contribution < -0.4 is 19.7 Å². The highest BCUT2D eigenvalue weighted by atomic mass is 32.2. The number of rotatable bonds is 6. The van der Waals surface area contributed by atoms with Crippen LogP contribution in [0.4, 0.5) is 5.82 Å². The standard InChI is InChI=1S/C30H36N4O4S/c1-7-19(3)31-24(35)15-33-25(36)16-39-27(20-10-13-22-23(14-20)38-17-37-22)26-28(30(4,5)6)32-34(29(26)33)21-11-8-18(2)9-12-21/h8-14,19,27H,7,15-17H2,1-6H3,(H,31,35)/t19-,27-/m0/s1. The Bertz CT molecular complexity index is 1390. The first-order valence-electron chi connectivity index (χ1n) is 13.4. The molecule has 2 atom stereocenters. The van der Waals surface area contributed by atoms with Gasteiger partial charge in [0.15, 0.2) is 11.5 Å². The van der Waals surface area contributed by atoms with Gasteiger partial charge >= 0.3 is 0 Å². The minimum Gasteiger partial charge on any atom is -0.454 e. The molecule has 1 N–H and O–H groups in total. The van der Waals surface area contributed by atoms with Crippen molar-refractivity contribution < 1.29 is 19.1 Å². The highest BCUT2D eigenvalue weighted by molar-refractivity contribution is 8.00. The van der Waals surface area contributed by atoms with Gasteiger partial charge in [0.25, 0.3) is 0 Å². The molecule has 2 aliphatic rings. The Morgan fingerprint density at radius 3 is 2.56 bits per heavy atom. The summed E-state index contributed by atoms with van der Waals surface area (Å²) in [6.07, 6.45) is 0.808. The lowest BCUT2D eigenvalue weighted by Crippen LogP contribution is -2.44. The Balaban J connectivity index is 1.73. The van der Waals surface area contributed by atoms with Crippen molar-refractivity contribution in [3.8, 4) is 17.2 Å². The van der Waals surface area contributed by atoms with Crippen molar-refractivity contribution >= 4 is 29.4 Å². The van der Waals surface area contributed by atoms with Crippen molar-refractivity contribution in [1.29, 1.82) is 0 Å². The molecule has 206 valence electrons. The van der Waals surface area contributed by atoms with Gasteiger partial charge in [-0.2, -0.15) is 5.10 Å². The molecule has 5 rings (SSSR count). The van der Waals surface area contributed by atoms with Gasteiger partial charge < -0.3 is 14.8 Å². The Kier molecular flexibility index (Phi) is 7.37. The molecule has 8 nitrogen and oxygen atoms in total. The summed E-state index contributed by atoms with van der Waals surface area (Å²) in [5.74, 6) is 1.95. The molecule has 0 unspecified atom stereocenters. The number of carbonyl (C=O) groups is 2. The summed E-state index contributed by atoms with van der Waals surface area (Å²) in [4.78, 5) is 28.5. The number of aryl methyl sites for hydroxylation is 1. The van der Waals surface area contributed by atoms with E-state index in [-0.39, 0.29) is 47.6 Å². The summed E-state index contributed by atoms with van der Waals surface area (Å²) in [7, 11) is 0. The van der Waals surface area contributed by atoms with Crippen LogP contribution in [-0.2, 0) is 15.0 Å². The van der Waals surface area contributed by atoms with Crippen molar-refractivity contribution in [3.05, 3.63) is 64.8 Å². The monoisotopic (exact) mass is 548 g/mol. The van der Waals surface area contributed by atoms with E-state index in [0.29, 0.717) is 17.3 Å². The number of thioether (sulfide) groups is 1. The van der Waals surface area contributed by atoms with Gasteiger partial charge in [0, 0.05) is 17.0 Å². The molecule has 2 amide bonds. The molecular weight excluding hydrogens is 512 g/mol. The number of hydrogen-bond acceptors (Lipinski definition) is 6. The molecule has 0 fully saturated rings. The second-order valence-corrected chi connectivity index (χ2v) is 12.3. The summed E-state index contributed by atoms with van der Waals surface area (Å²) >= 11 is 1.55. The predicted octanol–water partition coefficient (Wildman–Crippen LogP) is 5.29. The second kappa shape index (κ2) is 10.6. The third kappa shape index (κ3) is 5.37. The lowest BCUT2D eigenvalue weighted by atomic mass is 9.87. The van der Waals surface area contributed by atoms with E-state index in [4.69, 9.17) is 14.6 Å². The van der Waals surface area contributed by atoms with Crippen molar-refractivity contribution in [2.45, 2.75) is 64.7 Å². The molecule has 0 radical (unpaired) electrons. The SMILES string of the molecule is CC[C@H](C)NC(=O)CN1C(=O)CS[C@@H](c2ccc3c(c2)OCO3)c2c(C(C)(C)C)nn(-c3ccc(C)cc3)c21. The summed E-state index contributed by atoms with van der Waals surface area (Å²) in [5.41, 5.74) is 4.46. The van der Waals surface area contributed by atoms with Crippen molar-refractivity contribution in [3.63, 3.8) is 0 Å². The highest BCUT2D eigenvalue weighted by Gasteiger charge is 2.40. The molecule has 2 aliphatic heterocycles. The van der Waals surface area contributed by atoms with E-state index < -0.39 is 0 Å². The molecule has 9 heteroatoms. The zero-order valence-corrected chi connectivity index (χ0v) is 24.2. The van der Waals surface area contributed by atoms with E-state index in [1.54, 1.807) is 16.7 Å². The number of nitrogens with zero attached hydrogens (tertiary/aromatic N) is 3. The van der Waals surface area contributed by atoms with Crippen molar-refractivity contribution in [1.82, 2.24) is 15.1 Å². The maximum absolute atomic E-state index is 13.8. The first kappa shape index (κ1) is 27.1. The van der Waals surface area contributed by atoms with Crippen molar-refractivity contribution in [2.24, 2.45) is 0 Å². The average molecular weight is 549 g/mol. The second-order valence-electron chi connectivity index (χ2n) is 11.2. The molecular formula is C30H36N4O4S. The molecule has 1 aromatic heterocycles. The molecule has 0 spiro atoms. The van der Waals surface area contributed by atoms with E-state index >= 15 is 0 Å². The highest BCUT2D eigenvalue weighted by Crippen LogP contribution is 2.49. The minimum absolute atomic E-state index is 0.0157. The van der Waals surface area contributed by atoms with Crippen LogP contribution in [0.1, 0.15) is 68.7 Å². The number of fused-ring (bicyclic) bond motifs is 2. The number of anilines is 1. The normalized spacial score (nSPS) is 17.5. The predicted molar refractivity (Wildman–Crippen MR) is 154 cm³/mol. The minimum atomic E-state index is -0.326. The van der Waals surface area contributed by atoms with Gasteiger partial charge in [0.1, 0.15) is 12.4 Å². The van der Waals surface area contributed by atoms with E-state index in [1.807, 2.05) is 67.9 Å². The van der Waals surface area contributed by atoms with Gasteiger partial charge in [0.05, 0.1) is 22.4 Å². The van der Waals surface area contributed by atoms with Crippen LogP contribution in [0, 0.1) is 6.92 Å². The zero-order chi connectivity index (χ0) is 27.9. The van der Waals surface area contributed by atoms with Crippen LogP contribution in [0.5, 0.6) is 11.5 Å². The fourth-order valence-corrected chi connectivity index (χ4v) is 6.03. The van der Waals surface area contributed by atoms with Gasteiger partial charge in [-0.05, 0) is 50.1 Å². The van der Waals surface area contributed by atoms with Crippen molar-refractivity contribution in [2.75, 3.05) is 24.0 Å². The molecule has 2 aromatic carbocycles. The number of carbonyl (C=O) groups excluding carboxylic acids is 2. The van der Waals surface area contributed by atoms with Crippen LogP contribution in [0.3, 0.4) is 0 Å². The zero-order valence-electron chi connectivity index (χ0n) is 23.4. The largest absolute Gasteiger partial charge is 0.454 e. The quantitative estimate of drug-likeness (QED) is 0.451.